The van der Waals surface area contributed by atoms with E-state index < -0.39 is 6.61 Å². The van der Waals surface area contributed by atoms with Gasteiger partial charge in [0.1, 0.15) is 5.75 Å². The summed E-state index contributed by atoms with van der Waals surface area (Å²) in [6, 6.07) is 7.29. The second kappa shape index (κ2) is 5.87. The van der Waals surface area contributed by atoms with Crippen LogP contribution >= 0.6 is 0 Å². The minimum absolute atomic E-state index is 0.204. The van der Waals surface area contributed by atoms with E-state index in [1.165, 1.54) is 0 Å². The summed E-state index contributed by atoms with van der Waals surface area (Å²) in [5.41, 5.74) is 1.15. The highest BCUT2D eigenvalue weighted by atomic mass is 19.3. The molecule has 0 spiro atoms. The molecule has 0 saturated heterocycles. The Labute approximate surface area is 122 Å². The van der Waals surface area contributed by atoms with Gasteiger partial charge in [-0.2, -0.15) is 8.78 Å². The second-order valence-corrected chi connectivity index (χ2v) is 5.52. The van der Waals surface area contributed by atoms with E-state index in [4.69, 9.17) is 0 Å². The molecule has 6 heteroatoms. The fraction of sp³-hybridized carbons (Fsp3) is 0.533. The Kier molecular flexibility index (Phi) is 3.94. The van der Waals surface area contributed by atoms with Crippen LogP contribution in [0, 0.1) is 0 Å². The predicted octanol–water partition coefficient (Wildman–Crippen LogP) is 2.43. The lowest BCUT2D eigenvalue weighted by molar-refractivity contribution is -0.0498. The quantitative estimate of drug-likeness (QED) is 0.927. The zero-order valence-electron chi connectivity index (χ0n) is 11.9. The molecule has 0 bridgehead atoms. The van der Waals surface area contributed by atoms with Crippen molar-refractivity contribution in [2.75, 3.05) is 20.1 Å². The van der Waals surface area contributed by atoms with Gasteiger partial charge in [0, 0.05) is 32.1 Å². The van der Waals surface area contributed by atoms with Gasteiger partial charge < -0.3 is 15.0 Å². The van der Waals surface area contributed by atoms with Crippen molar-refractivity contribution in [2.45, 2.75) is 31.4 Å². The van der Waals surface area contributed by atoms with E-state index in [-0.39, 0.29) is 5.75 Å². The third kappa shape index (κ3) is 3.43. The van der Waals surface area contributed by atoms with Crippen LogP contribution in [0.4, 0.5) is 8.78 Å². The van der Waals surface area contributed by atoms with Crippen molar-refractivity contribution >= 4 is 5.96 Å². The van der Waals surface area contributed by atoms with Gasteiger partial charge in [-0.15, -0.1) is 0 Å². The summed E-state index contributed by atoms with van der Waals surface area (Å²) in [6.45, 7) is -0.863. The third-order valence-corrected chi connectivity index (χ3v) is 3.91. The van der Waals surface area contributed by atoms with Crippen LogP contribution in [0.25, 0.3) is 0 Å². The topological polar surface area (TPSA) is 36.9 Å². The Morgan fingerprint density at radius 1 is 1.33 bits per heavy atom. The molecular weight excluding hydrogens is 276 g/mol. The Morgan fingerprint density at radius 3 is 2.76 bits per heavy atom. The van der Waals surface area contributed by atoms with Crippen LogP contribution in [0.1, 0.15) is 24.3 Å². The summed E-state index contributed by atoms with van der Waals surface area (Å²) in [6.07, 6.45) is 2.14. The number of alkyl halides is 2. The molecule has 1 aliphatic carbocycles. The Hall–Kier alpha value is -1.85. The maximum absolute atomic E-state index is 12.1. The highest BCUT2D eigenvalue weighted by Crippen LogP contribution is 2.41. The summed E-state index contributed by atoms with van der Waals surface area (Å²) < 4.78 is 28.6. The first-order chi connectivity index (χ1) is 10.1. The van der Waals surface area contributed by atoms with E-state index in [1.54, 1.807) is 12.1 Å². The molecule has 1 aromatic rings. The summed E-state index contributed by atoms with van der Waals surface area (Å²) in [5.74, 6) is 1.59. The molecule has 3 rings (SSSR count). The molecule has 1 N–H and O–H groups in total. The largest absolute Gasteiger partial charge is 0.435 e. The molecule has 1 aromatic carbocycles. The lowest BCUT2D eigenvalue weighted by atomic mass is 10.1. The van der Waals surface area contributed by atoms with Gasteiger partial charge in [-0.25, -0.2) is 0 Å². The molecule has 0 unspecified atom stereocenters. The van der Waals surface area contributed by atoms with Crippen LogP contribution in [-0.4, -0.2) is 43.6 Å². The highest BCUT2D eigenvalue weighted by Gasteiger charge is 2.39. The first-order valence-electron chi connectivity index (χ1n) is 7.20. The van der Waals surface area contributed by atoms with E-state index in [2.05, 4.69) is 19.9 Å². The molecule has 4 nitrogen and oxygen atoms in total. The van der Waals surface area contributed by atoms with E-state index in [1.807, 2.05) is 19.2 Å². The molecule has 1 heterocycles. The standard InChI is InChI=1S/C15H19F2N3O/c1-20-8-2-7-18-15(20)19-13-9-12(13)10-3-5-11(6-4-10)21-14(16)17/h3-6,12-14H,2,7-9H2,1H3,(H,18,19)/t12-,13+/m0/s1. The fourth-order valence-corrected chi connectivity index (χ4v) is 2.66. The summed E-state index contributed by atoms with van der Waals surface area (Å²) in [5, 5.41) is 3.46. The molecule has 1 fully saturated rings. The van der Waals surface area contributed by atoms with Crippen LogP contribution in [0.15, 0.2) is 29.3 Å². The number of ether oxygens (including phenoxy) is 1. The lowest BCUT2D eigenvalue weighted by Gasteiger charge is -2.25. The first kappa shape index (κ1) is 14.1. The minimum Gasteiger partial charge on any atom is -0.435 e. The molecule has 0 radical (unpaired) electrons. The SMILES string of the molecule is CN1CCCN=C1N[C@@H]1C[C@H]1c1ccc(OC(F)F)cc1. The molecule has 0 aromatic heterocycles. The fourth-order valence-electron chi connectivity index (χ4n) is 2.66. The molecule has 2 aliphatic rings. The molecule has 114 valence electrons. The van der Waals surface area contributed by atoms with E-state index >= 15 is 0 Å². The number of rotatable bonds is 4. The van der Waals surface area contributed by atoms with Crippen molar-refractivity contribution < 1.29 is 13.5 Å². The first-order valence-corrected chi connectivity index (χ1v) is 7.20. The predicted molar refractivity (Wildman–Crippen MR) is 76.9 cm³/mol. The van der Waals surface area contributed by atoms with Gasteiger partial charge in [0.25, 0.3) is 0 Å². The van der Waals surface area contributed by atoms with Gasteiger partial charge in [-0.05, 0) is 30.5 Å². The zero-order chi connectivity index (χ0) is 14.8. The van der Waals surface area contributed by atoms with Crippen LogP contribution in [0.2, 0.25) is 0 Å². The van der Waals surface area contributed by atoms with Crippen molar-refractivity contribution in [2.24, 2.45) is 4.99 Å². The number of nitrogens with zero attached hydrogens (tertiary/aromatic N) is 2. The van der Waals surface area contributed by atoms with Gasteiger partial charge in [-0.1, -0.05) is 12.1 Å². The maximum Gasteiger partial charge on any atom is 0.387 e. The van der Waals surface area contributed by atoms with Crippen LogP contribution in [0.5, 0.6) is 5.75 Å². The molecular formula is C15H19F2N3O. The number of nitrogens with one attached hydrogen (secondary N) is 1. The van der Waals surface area contributed by atoms with Gasteiger partial charge >= 0.3 is 6.61 Å². The lowest BCUT2D eigenvalue weighted by Crippen LogP contribution is -2.43. The smallest absolute Gasteiger partial charge is 0.387 e. The zero-order valence-corrected chi connectivity index (χ0v) is 11.9. The number of hydrogen-bond donors (Lipinski definition) is 1. The van der Waals surface area contributed by atoms with E-state index in [0.717, 1.165) is 37.5 Å². The monoisotopic (exact) mass is 295 g/mol. The van der Waals surface area contributed by atoms with Gasteiger partial charge in [0.05, 0.1) is 0 Å². The van der Waals surface area contributed by atoms with Crippen molar-refractivity contribution in [3.63, 3.8) is 0 Å². The summed E-state index contributed by atoms with van der Waals surface area (Å²) in [7, 11) is 2.04. The van der Waals surface area contributed by atoms with Gasteiger partial charge in [0.2, 0.25) is 0 Å². The third-order valence-electron chi connectivity index (χ3n) is 3.91. The van der Waals surface area contributed by atoms with Gasteiger partial charge in [-0.3, -0.25) is 4.99 Å². The van der Waals surface area contributed by atoms with Crippen molar-refractivity contribution in [1.82, 2.24) is 10.2 Å². The van der Waals surface area contributed by atoms with Crippen molar-refractivity contribution in [3.8, 4) is 5.75 Å². The number of benzene rings is 1. The van der Waals surface area contributed by atoms with E-state index in [9.17, 15) is 8.78 Å². The normalized spacial score (nSPS) is 24.8. The number of guanidine groups is 1. The number of aliphatic imine (C=N–C) groups is 1. The Morgan fingerprint density at radius 2 is 2.10 bits per heavy atom. The number of halogens is 2. The Bertz CT molecular complexity index is 518. The molecule has 1 saturated carbocycles. The average Bonchev–Trinajstić information content (AvgIpc) is 3.21. The molecule has 1 aliphatic heterocycles. The van der Waals surface area contributed by atoms with Crippen molar-refractivity contribution in [1.29, 1.82) is 0 Å². The summed E-state index contributed by atoms with van der Waals surface area (Å²) >= 11 is 0. The van der Waals surface area contributed by atoms with Crippen LogP contribution in [-0.2, 0) is 0 Å². The minimum atomic E-state index is -2.77. The van der Waals surface area contributed by atoms with Crippen LogP contribution in [0.3, 0.4) is 0 Å². The highest BCUT2D eigenvalue weighted by molar-refractivity contribution is 5.81. The Balaban J connectivity index is 1.56. The summed E-state index contributed by atoms with van der Waals surface area (Å²) in [4.78, 5) is 6.63. The van der Waals surface area contributed by atoms with E-state index in [0.29, 0.717) is 12.0 Å². The number of hydrogen-bond acceptors (Lipinski definition) is 4. The molecule has 21 heavy (non-hydrogen) atoms. The second-order valence-electron chi connectivity index (χ2n) is 5.52. The van der Waals surface area contributed by atoms with Gasteiger partial charge in [0.15, 0.2) is 5.96 Å². The van der Waals surface area contributed by atoms with Crippen LogP contribution < -0.4 is 10.1 Å². The maximum atomic E-state index is 12.1. The average molecular weight is 295 g/mol. The molecule has 2 atom stereocenters. The molecule has 0 amide bonds. The van der Waals surface area contributed by atoms with Crippen molar-refractivity contribution in [3.05, 3.63) is 29.8 Å².